The predicted molar refractivity (Wildman–Crippen MR) is 52.3 cm³/mol. The summed E-state index contributed by atoms with van der Waals surface area (Å²) >= 11 is 0. The molecule has 2 heteroatoms. The van der Waals surface area contributed by atoms with Crippen molar-refractivity contribution >= 4 is 5.97 Å². The molecule has 0 radical (unpaired) electrons. The zero-order chi connectivity index (χ0) is 9.90. The van der Waals surface area contributed by atoms with Gasteiger partial charge in [-0.15, -0.1) is 0 Å². The minimum absolute atomic E-state index is 0.0683. The molecule has 0 heterocycles. The quantitative estimate of drug-likeness (QED) is 0.485. The lowest BCUT2D eigenvalue weighted by Crippen LogP contribution is -2.24. The van der Waals surface area contributed by atoms with Crippen LogP contribution in [0.4, 0.5) is 0 Å². The Morgan fingerprint density at radius 2 is 1.92 bits per heavy atom. The van der Waals surface area contributed by atoms with E-state index in [0.29, 0.717) is 12.3 Å². The fraction of sp³-hybridized carbons (Fsp3) is 0.727. The zero-order valence-corrected chi connectivity index (χ0v) is 8.67. The lowest BCUT2D eigenvalue weighted by Gasteiger charge is -2.20. The van der Waals surface area contributed by atoms with Gasteiger partial charge in [-0.2, -0.15) is 0 Å². The molecule has 1 rings (SSSR count). The Hall–Kier alpha value is -0.790. The maximum absolute atomic E-state index is 11.4. The first kappa shape index (κ1) is 10.3. The van der Waals surface area contributed by atoms with Crippen molar-refractivity contribution in [3.8, 4) is 0 Å². The van der Waals surface area contributed by atoms with Crippen molar-refractivity contribution in [1.82, 2.24) is 0 Å². The van der Waals surface area contributed by atoms with E-state index in [1.54, 1.807) is 0 Å². The van der Waals surface area contributed by atoms with Crippen molar-refractivity contribution in [3.63, 3.8) is 0 Å². The average molecular weight is 182 g/mol. The fourth-order valence-electron chi connectivity index (χ4n) is 1.46. The van der Waals surface area contributed by atoms with Crippen LogP contribution < -0.4 is 0 Å². The molecule has 0 amide bonds. The number of hydrogen-bond acceptors (Lipinski definition) is 2. The van der Waals surface area contributed by atoms with Gasteiger partial charge in [0.25, 0.3) is 0 Å². The second kappa shape index (κ2) is 3.95. The molecule has 13 heavy (non-hydrogen) atoms. The monoisotopic (exact) mass is 182 g/mol. The van der Waals surface area contributed by atoms with Gasteiger partial charge in [0, 0.05) is 6.42 Å². The molecule has 0 aliphatic heterocycles. The summed E-state index contributed by atoms with van der Waals surface area (Å²) in [6, 6.07) is 0. The van der Waals surface area contributed by atoms with Gasteiger partial charge < -0.3 is 4.74 Å². The molecule has 0 spiro atoms. The summed E-state index contributed by atoms with van der Waals surface area (Å²) in [5.74, 6) is 0.413. The molecule has 0 saturated carbocycles. The summed E-state index contributed by atoms with van der Waals surface area (Å²) in [6.45, 7) is 5.70. The number of rotatable bonds is 2. The molecule has 0 aromatic heterocycles. The van der Waals surface area contributed by atoms with Crippen LogP contribution in [0.15, 0.2) is 12.2 Å². The van der Waals surface area contributed by atoms with Gasteiger partial charge in [-0.25, -0.2) is 0 Å². The fourth-order valence-corrected chi connectivity index (χ4v) is 1.46. The van der Waals surface area contributed by atoms with E-state index in [2.05, 4.69) is 12.2 Å². The van der Waals surface area contributed by atoms with Crippen LogP contribution in [0.2, 0.25) is 0 Å². The van der Waals surface area contributed by atoms with Crippen LogP contribution in [0.3, 0.4) is 0 Å². The van der Waals surface area contributed by atoms with Crippen LogP contribution in [0.25, 0.3) is 0 Å². The van der Waals surface area contributed by atoms with E-state index in [9.17, 15) is 4.79 Å². The van der Waals surface area contributed by atoms with Gasteiger partial charge >= 0.3 is 5.97 Å². The smallest absolute Gasteiger partial charge is 0.306 e. The number of carbonyl (C=O) groups excluding carboxylic acids is 1. The molecule has 0 N–H and O–H groups in total. The normalized spacial score (nSPS) is 17.8. The summed E-state index contributed by atoms with van der Waals surface area (Å²) in [6.07, 6.45) is 6.88. The van der Waals surface area contributed by atoms with Crippen molar-refractivity contribution in [2.45, 2.75) is 45.6 Å². The maximum atomic E-state index is 11.4. The van der Waals surface area contributed by atoms with Crippen LogP contribution in [-0.2, 0) is 9.53 Å². The molecular weight excluding hydrogens is 164 g/mol. The Labute approximate surface area is 80.0 Å². The Morgan fingerprint density at radius 1 is 1.38 bits per heavy atom. The second-order valence-electron chi connectivity index (χ2n) is 4.60. The van der Waals surface area contributed by atoms with Crippen LogP contribution in [0.1, 0.15) is 40.0 Å². The van der Waals surface area contributed by atoms with E-state index in [1.165, 1.54) is 0 Å². The third-order valence-corrected chi connectivity index (χ3v) is 1.98. The summed E-state index contributed by atoms with van der Waals surface area (Å²) in [5.41, 5.74) is -0.344. The van der Waals surface area contributed by atoms with Crippen LogP contribution in [-0.4, -0.2) is 11.6 Å². The summed E-state index contributed by atoms with van der Waals surface area (Å²) in [7, 11) is 0. The Morgan fingerprint density at radius 3 is 2.38 bits per heavy atom. The Balaban J connectivity index is 2.25. The van der Waals surface area contributed by atoms with Gasteiger partial charge in [0.2, 0.25) is 0 Å². The van der Waals surface area contributed by atoms with E-state index < -0.39 is 0 Å². The van der Waals surface area contributed by atoms with Gasteiger partial charge in [-0.1, -0.05) is 12.2 Å². The van der Waals surface area contributed by atoms with E-state index in [0.717, 1.165) is 12.8 Å². The highest BCUT2D eigenvalue weighted by Crippen LogP contribution is 2.22. The number of esters is 1. The van der Waals surface area contributed by atoms with E-state index >= 15 is 0 Å². The van der Waals surface area contributed by atoms with Crippen LogP contribution in [0.5, 0.6) is 0 Å². The number of ether oxygens (including phenoxy) is 1. The van der Waals surface area contributed by atoms with Crippen molar-refractivity contribution in [2.24, 2.45) is 5.92 Å². The number of carbonyl (C=O) groups is 1. The lowest BCUT2D eigenvalue weighted by molar-refractivity contribution is -0.155. The summed E-state index contributed by atoms with van der Waals surface area (Å²) < 4.78 is 5.23. The molecule has 0 bridgehead atoms. The molecule has 74 valence electrons. The van der Waals surface area contributed by atoms with E-state index in [-0.39, 0.29) is 11.6 Å². The molecule has 1 aliphatic rings. The minimum atomic E-state index is -0.344. The van der Waals surface area contributed by atoms with Gasteiger partial charge in [0.05, 0.1) is 0 Å². The van der Waals surface area contributed by atoms with Crippen molar-refractivity contribution in [3.05, 3.63) is 12.2 Å². The molecule has 0 atom stereocenters. The highest BCUT2D eigenvalue weighted by Gasteiger charge is 2.20. The molecule has 0 saturated heterocycles. The highest BCUT2D eigenvalue weighted by atomic mass is 16.6. The molecule has 0 aromatic rings. The van der Waals surface area contributed by atoms with Gasteiger partial charge in [-0.3, -0.25) is 4.79 Å². The summed E-state index contributed by atoms with van der Waals surface area (Å²) in [4.78, 5) is 11.4. The molecule has 0 unspecified atom stereocenters. The van der Waals surface area contributed by atoms with Crippen LogP contribution in [0, 0.1) is 5.92 Å². The second-order valence-corrected chi connectivity index (χ2v) is 4.60. The average Bonchev–Trinajstić information content (AvgIpc) is 2.34. The molecule has 1 aliphatic carbocycles. The molecule has 0 aromatic carbocycles. The first-order valence-corrected chi connectivity index (χ1v) is 4.84. The highest BCUT2D eigenvalue weighted by molar-refractivity contribution is 5.70. The third-order valence-electron chi connectivity index (χ3n) is 1.98. The topological polar surface area (TPSA) is 26.3 Å². The first-order chi connectivity index (χ1) is 5.97. The molecule has 2 nitrogen and oxygen atoms in total. The molecule has 0 fully saturated rings. The van der Waals surface area contributed by atoms with Crippen LogP contribution >= 0.6 is 0 Å². The SMILES string of the molecule is CC(C)(C)OC(=O)CC1CC=CC1. The van der Waals surface area contributed by atoms with Gasteiger partial charge in [0.15, 0.2) is 0 Å². The Kier molecular flexibility index (Phi) is 3.12. The third kappa shape index (κ3) is 4.11. The van der Waals surface area contributed by atoms with Gasteiger partial charge in [-0.05, 0) is 39.5 Å². The van der Waals surface area contributed by atoms with E-state index in [4.69, 9.17) is 4.74 Å². The predicted octanol–water partition coefficient (Wildman–Crippen LogP) is 2.68. The lowest BCUT2D eigenvalue weighted by atomic mass is 10.0. The number of allylic oxidation sites excluding steroid dienone is 2. The van der Waals surface area contributed by atoms with E-state index in [1.807, 2.05) is 20.8 Å². The standard InChI is InChI=1S/C11H18O2/c1-11(2,3)13-10(12)8-9-6-4-5-7-9/h4-5,9H,6-8H2,1-3H3. The Bertz CT molecular complexity index is 203. The van der Waals surface area contributed by atoms with Gasteiger partial charge in [0.1, 0.15) is 5.60 Å². The largest absolute Gasteiger partial charge is 0.460 e. The van der Waals surface area contributed by atoms with Crippen molar-refractivity contribution < 1.29 is 9.53 Å². The zero-order valence-electron chi connectivity index (χ0n) is 8.67. The van der Waals surface area contributed by atoms with Crippen molar-refractivity contribution in [2.75, 3.05) is 0 Å². The first-order valence-electron chi connectivity index (χ1n) is 4.84. The minimum Gasteiger partial charge on any atom is -0.460 e. The summed E-state index contributed by atoms with van der Waals surface area (Å²) in [5, 5.41) is 0. The maximum Gasteiger partial charge on any atom is 0.306 e. The molecular formula is C11H18O2. The van der Waals surface area contributed by atoms with Crippen molar-refractivity contribution in [1.29, 1.82) is 0 Å². The number of hydrogen-bond donors (Lipinski definition) is 0.